The van der Waals surface area contributed by atoms with Crippen molar-refractivity contribution < 1.29 is 31.1 Å². The van der Waals surface area contributed by atoms with E-state index in [0.717, 1.165) is 29.4 Å². The van der Waals surface area contributed by atoms with Crippen LogP contribution in [0.15, 0.2) is 29.6 Å². The summed E-state index contributed by atoms with van der Waals surface area (Å²) >= 11 is 0. The number of nitrogens with one attached hydrogen (secondary N) is 1. The molecule has 1 atom stereocenters. The molecule has 0 bridgehead atoms. The third kappa shape index (κ3) is 5.32. The number of hydrazone groups is 1. The van der Waals surface area contributed by atoms with Gasteiger partial charge in [-0.05, 0) is 19.1 Å². The Morgan fingerprint density at radius 2 is 1.92 bits per heavy atom. The summed E-state index contributed by atoms with van der Waals surface area (Å²) in [5.74, 6) is -0.771. The van der Waals surface area contributed by atoms with Crippen LogP contribution < -0.4 is 5.43 Å². The van der Waals surface area contributed by atoms with Gasteiger partial charge in [0.25, 0.3) is 5.91 Å². The second-order valence-electron chi connectivity index (χ2n) is 5.14. The van der Waals surface area contributed by atoms with Crippen LogP contribution in [-0.2, 0) is 17.5 Å². The van der Waals surface area contributed by atoms with Crippen LogP contribution >= 0.6 is 0 Å². The maximum absolute atomic E-state index is 12.5. The topological polar surface area (TPSA) is 77.1 Å². The summed E-state index contributed by atoms with van der Waals surface area (Å²) in [6.45, 7) is 0.0289. The Balaban J connectivity index is 1.93. The molecule has 0 aliphatic heterocycles. The first-order chi connectivity index (χ1) is 12.0. The highest BCUT2D eigenvalue weighted by Gasteiger charge is 2.34. The molecule has 0 saturated heterocycles. The van der Waals surface area contributed by atoms with Crippen LogP contribution in [0.4, 0.5) is 26.3 Å². The van der Waals surface area contributed by atoms with Gasteiger partial charge in [0.15, 0.2) is 5.69 Å². The highest BCUT2D eigenvalue weighted by molar-refractivity contribution is 5.82. The van der Waals surface area contributed by atoms with E-state index in [1.165, 1.54) is 13.0 Å². The van der Waals surface area contributed by atoms with Gasteiger partial charge in [-0.2, -0.15) is 41.6 Å². The third-order valence-corrected chi connectivity index (χ3v) is 3.05. The van der Waals surface area contributed by atoms with Gasteiger partial charge < -0.3 is 0 Å². The van der Waals surface area contributed by atoms with E-state index in [9.17, 15) is 31.1 Å². The molecule has 0 saturated carbocycles. The smallest absolute Gasteiger partial charge is 0.271 e. The molecule has 0 fully saturated rings. The van der Waals surface area contributed by atoms with Crippen LogP contribution in [0, 0.1) is 0 Å². The second-order valence-corrected chi connectivity index (χ2v) is 5.14. The number of aromatic nitrogens is 4. The molecule has 142 valence electrons. The third-order valence-electron chi connectivity index (χ3n) is 3.05. The number of carbonyl (C=O) groups excluding carboxylic acids is 1. The molecule has 0 aliphatic rings. The van der Waals surface area contributed by atoms with Crippen LogP contribution in [0.3, 0.4) is 0 Å². The summed E-state index contributed by atoms with van der Waals surface area (Å²) in [4.78, 5) is 11.8. The number of hydrogen-bond donors (Lipinski definition) is 1. The fourth-order valence-corrected chi connectivity index (χ4v) is 1.80. The van der Waals surface area contributed by atoms with Gasteiger partial charge >= 0.3 is 12.4 Å². The Morgan fingerprint density at radius 1 is 1.23 bits per heavy atom. The standard InChI is InChI=1S/C13H12F6N6O/c1-8(25-5-3-10(23-25)13(17,18)19)11(26)21-20-6-9-2-4-24(22-9)7-12(14,15)16/h2-6,8H,7H2,1H3,(H,21,26). The van der Waals surface area contributed by atoms with E-state index in [2.05, 4.69) is 20.7 Å². The molecule has 0 aromatic carbocycles. The zero-order valence-corrected chi connectivity index (χ0v) is 13.1. The summed E-state index contributed by atoms with van der Waals surface area (Å²) in [5.41, 5.74) is 0.965. The van der Waals surface area contributed by atoms with Gasteiger partial charge in [-0.15, -0.1) is 0 Å². The van der Waals surface area contributed by atoms with Gasteiger partial charge in [-0.1, -0.05) is 0 Å². The summed E-state index contributed by atoms with van der Waals surface area (Å²) < 4.78 is 75.5. The molecular formula is C13H12F6N6O. The largest absolute Gasteiger partial charge is 0.435 e. The van der Waals surface area contributed by atoms with Gasteiger partial charge in [0.1, 0.15) is 18.3 Å². The SMILES string of the molecule is CC(C(=O)NN=Cc1ccn(CC(F)(F)F)n1)n1ccc(C(F)(F)F)n1. The quantitative estimate of drug-likeness (QED) is 0.490. The fourth-order valence-electron chi connectivity index (χ4n) is 1.80. The van der Waals surface area contributed by atoms with Gasteiger partial charge in [0.05, 0.1) is 6.21 Å². The molecule has 0 aliphatic carbocycles. The number of rotatable bonds is 5. The second kappa shape index (κ2) is 7.17. The normalized spacial score (nSPS) is 14.0. The first-order valence-corrected chi connectivity index (χ1v) is 7.01. The highest BCUT2D eigenvalue weighted by atomic mass is 19.4. The van der Waals surface area contributed by atoms with Crippen molar-refractivity contribution in [3.8, 4) is 0 Å². The van der Waals surface area contributed by atoms with Crippen LogP contribution in [0.5, 0.6) is 0 Å². The summed E-state index contributed by atoms with van der Waals surface area (Å²) in [6.07, 6.45) is -5.98. The first-order valence-electron chi connectivity index (χ1n) is 7.01. The van der Waals surface area contributed by atoms with Crippen LogP contribution in [0.2, 0.25) is 0 Å². The Morgan fingerprint density at radius 3 is 2.50 bits per heavy atom. The van der Waals surface area contributed by atoms with Gasteiger partial charge in [-0.25, -0.2) is 5.43 Å². The molecule has 1 N–H and O–H groups in total. The van der Waals surface area contributed by atoms with Crippen molar-refractivity contribution in [2.24, 2.45) is 5.10 Å². The predicted octanol–water partition coefficient (Wildman–Crippen LogP) is 2.37. The van der Waals surface area contributed by atoms with Crippen molar-refractivity contribution in [3.63, 3.8) is 0 Å². The van der Waals surface area contributed by atoms with Crippen LogP contribution in [0.25, 0.3) is 0 Å². The lowest BCUT2D eigenvalue weighted by atomic mass is 10.3. The maximum Gasteiger partial charge on any atom is 0.435 e. The van der Waals surface area contributed by atoms with E-state index in [4.69, 9.17) is 0 Å². The zero-order valence-electron chi connectivity index (χ0n) is 13.1. The van der Waals surface area contributed by atoms with Crippen molar-refractivity contribution in [1.82, 2.24) is 25.0 Å². The van der Waals surface area contributed by atoms with Crippen molar-refractivity contribution in [3.05, 3.63) is 35.9 Å². The molecule has 1 unspecified atom stereocenters. The molecule has 2 aromatic rings. The molecule has 13 heteroatoms. The zero-order chi connectivity index (χ0) is 19.5. The number of amides is 1. The fraction of sp³-hybridized carbons (Fsp3) is 0.385. The van der Waals surface area contributed by atoms with Crippen molar-refractivity contribution in [2.75, 3.05) is 0 Å². The van der Waals surface area contributed by atoms with E-state index in [-0.39, 0.29) is 5.69 Å². The highest BCUT2D eigenvalue weighted by Crippen LogP contribution is 2.27. The maximum atomic E-state index is 12.5. The Hall–Kier alpha value is -2.86. The Bertz CT molecular complexity index is 790. The van der Waals surface area contributed by atoms with Crippen molar-refractivity contribution in [2.45, 2.75) is 31.9 Å². The average Bonchev–Trinajstić information content (AvgIpc) is 3.13. The lowest BCUT2D eigenvalue weighted by molar-refractivity contribution is -0.143. The van der Waals surface area contributed by atoms with Gasteiger partial charge in [0.2, 0.25) is 0 Å². The molecule has 2 aromatic heterocycles. The minimum atomic E-state index is -4.63. The monoisotopic (exact) mass is 382 g/mol. The molecule has 2 heterocycles. The average molecular weight is 382 g/mol. The lowest BCUT2D eigenvalue weighted by Gasteiger charge is -2.10. The summed E-state index contributed by atoms with van der Waals surface area (Å²) in [5, 5.41) is 10.4. The molecule has 0 radical (unpaired) electrons. The molecule has 26 heavy (non-hydrogen) atoms. The van der Waals surface area contributed by atoms with E-state index >= 15 is 0 Å². The summed E-state index contributed by atoms with van der Waals surface area (Å²) in [6, 6.07) is 0.875. The first kappa shape index (κ1) is 19.5. The van der Waals surface area contributed by atoms with E-state index in [1.54, 1.807) is 0 Å². The molecule has 2 rings (SSSR count). The van der Waals surface area contributed by atoms with E-state index < -0.39 is 36.5 Å². The van der Waals surface area contributed by atoms with Gasteiger partial charge in [-0.3, -0.25) is 14.2 Å². The van der Waals surface area contributed by atoms with Crippen LogP contribution in [0.1, 0.15) is 24.4 Å². The molecule has 0 spiro atoms. The predicted molar refractivity (Wildman–Crippen MR) is 76.0 cm³/mol. The molecular weight excluding hydrogens is 370 g/mol. The van der Waals surface area contributed by atoms with E-state index in [1.807, 2.05) is 0 Å². The Labute approximate surface area is 142 Å². The van der Waals surface area contributed by atoms with Crippen molar-refractivity contribution in [1.29, 1.82) is 0 Å². The Kier molecular flexibility index (Phi) is 5.37. The molecule has 7 nitrogen and oxygen atoms in total. The van der Waals surface area contributed by atoms with E-state index in [0.29, 0.717) is 4.68 Å². The number of alkyl halides is 6. The summed E-state index contributed by atoms with van der Waals surface area (Å²) in [7, 11) is 0. The minimum absolute atomic E-state index is 0.0562. The van der Waals surface area contributed by atoms with Crippen molar-refractivity contribution >= 4 is 12.1 Å². The number of hydrogen-bond acceptors (Lipinski definition) is 4. The number of carbonyl (C=O) groups is 1. The van der Waals surface area contributed by atoms with Gasteiger partial charge in [0, 0.05) is 12.4 Å². The minimum Gasteiger partial charge on any atom is -0.271 e. The molecule has 1 amide bonds. The number of halogens is 6. The van der Waals surface area contributed by atoms with Crippen LogP contribution in [-0.4, -0.2) is 37.9 Å². The lowest BCUT2D eigenvalue weighted by Crippen LogP contribution is -2.28. The number of nitrogens with zero attached hydrogens (tertiary/aromatic N) is 5.